The first kappa shape index (κ1) is 65.8. The van der Waals surface area contributed by atoms with Gasteiger partial charge in [-0.2, -0.15) is 0 Å². The summed E-state index contributed by atoms with van der Waals surface area (Å²) in [4.78, 5) is 87.2. The lowest BCUT2D eigenvalue weighted by Gasteiger charge is -2.28. The molecule has 0 aromatic heterocycles. The lowest BCUT2D eigenvalue weighted by Crippen LogP contribution is -2.38. The number of esters is 3. The molecule has 3 aliphatic rings. The van der Waals surface area contributed by atoms with Gasteiger partial charge in [-0.25, -0.2) is 14.4 Å². The first-order valence-electron chi connectivity index (χ1n) is 29.8. The molecule has 6 atom stereocenters. The predicted molar refractivity (Wildman–Crippen MR) is 318 cm³/mol. The number of carbonyl (C=O) groups is 6. The Bertz CT molecular complexity index is 2710. The smallest absolute Gasteiger partial charge is 0.410 e. The van der Waals surface area contributed by atoms with Crippen molar-refractivity contribution in [1.29, 1.82) is 0 Å². The van der Waals surface area contributed by atoms with Crippen LogP contribution >= 0.6 is 0 Å². The summed E-state index contributed by atoms with van der Waals surface area (Å²) in [5, 5.41) is 9.80. The quantitative estimate of drug-likeness (QED) is 0.0830. The Morgan fingerprint density at radius 2 is 0.795 bits per heavy atom. The van der Waals surface area contributed by atoms with E-state index in [9.17, 15) is 33.9 Å². The Labute approximate surface area is 494 Å². The van der Waals surface area contributed by atoms with Crippen LogP contribution in [0.3, 0.4) is 0 Å². The molecule has 3 amide bonds. The van der Waals surface area contributed by atoms with Gasteiger partial charge in [-0.3, -0.25) is 19.3 Å². The number of likely N-dealkylation sites (tertiary alicyclic amines) is 3. The number of nitrogens with zero attached hydrogens (tertiary/aromatic N) is 4. The van der Waals surface area contributed by atoms with Crippen LogP contribution in [0.5, 0.6) is 5.75 Å². The zero-order valence-corrected chi connectivity index (χ0v) is 52.3. The molecule has 0 radical (unpaired) electrons. The van der Waals surface area contributed by atoms with E-state index in [1.165, 1.54) is 4.90 Å². The van der Waals surface area contributed by atoms with E-state index < -0.39 is 64.0 Å². The van der Waals surface area contributed by atoms with Crippen LogP contribution in [0.4, 0.5) is 14.4 Å². The van der Waals surface area contributed by atoms with Crippen molar-refractivity contribution >= 4 is 36.2 Å². The molecule has 0 spiro atoms. The van der Waals surface area contributed by atoms with Crippen LogP contribution in [0.25, 0.3) is 0 Å². The normalized spacial score (nSPS) is 19.0. The first-order chi connectivity index (χ1) is 38.5. The molecular weight excluding hydrogens is 1060 g/mol. The van der Waals surface area contributed by atoms with Crippen molar-refractivity contribution in [3.8, 4) is 5.75 Å². The second-order valence-corrected chi connectivity index (χ2v) is 28.1. The summed E-state index contributed by atoms with van der Waals surface area (Å²) < 4.78 is 35.9. The summed E-state index contributed by atoms with van der Waals surface area (Å²) in [6.07, 6.45) is 1.25. The highest BCUT2D eigenvalue weighted by Crippen LogP contribution is 2.35. The van der Waals surface area contributed by atoms with Gasteiger partial charge in [0.1, 0.15) is 40.4 Å². The van der Waals surface area contributed by atoms with E-state index in [0.29, 0.717) is 103 Å². The van der Waals surface area contributed by atoms with Crippen LogP contribution < -0.4 is 4.74 Å². The molecule has 0 unspecified atom stereocenters. The molecule has 458 valence electrons. The molecule has 1 N–H and O–H groups in total. The van der Waals surface area contributed by atoms with E-state index in [-0.39, 0.29) is 42.2 Å². The van der Waals surface area contributed by atoms with Crippen molar-refractivity contribution in [3.63, 3.8) is 0 Å². The van der Waals surface area contributed by atoms with Crippen molar-refractivity contribution in [1.82, 2.24) is 19.6 Å². The number of hydrogen-bond acceptors (Lipinski definition) is 13. The van der Waals surface area contributed by atoms with E-state index in [0.717, 1.165) is 27.8 Å². The number of benzene rings is 3. The summed E-state index contributed by atoms with van der Waals surface area (Å²) in [5.41, 5.74) is 1.41. The van der Waals surface area contributed by atoms with E-state index in [1.54, 1.807) is 9.80 Å². The van der Waals surface area contributed by atoms with Gasteiger partial charge in [0.2, 0.25) is 0 Å². The summed E-state index contributed by atoms with van der Waals surface area (Å²) >= 11 is 0. The maximum absolute atomic E-state index is 14.1. The van der Waals surface area contributed by atoms with Crippen molar-refractivity contribution in [2.24, 2.45) is 35.5 Å². The van der Waals surface area contributed by atoms with Gasteiger partial charge < -0.3 is 48.2 Å². The predicted octanol–water partition coefficient (Wildman–Crippen LogP) is 11.8. The summed E-state index contributed by atoms with van der Waals surface area (Å²) in [7, 11) is 0. The van der Waals surface area contributed by atoms with E-state index in [4.69, 9.17) is 28.4 Å². The monoisotopic (exact) mass is 1150 g/mol. The zero-order chi connectivity index (χ0) is 61.2. The SMILES string of the molecule is CC(C)(C)OC(=O)[C@@H](Cc1cccc(CN(CCOc2cccc(C[C@H](C(=O)OC(C)(C)C)[C@H]3CCN(C(=O)OC(C)(C)C)C3)c2)Cc2cccc(C[C@H](C(=O)OC(C)(C)C)[C@H]3CCN(C(=O)OC(C)(C)C)C3)c2)c1)[C@H]1CCN(C(=O)O)C1. The molecule has 3 aliphatic heterocycles. The standard InChI is InChI=1S/C66H96N4O13/c1-62(2,3)79-56(71)53(49-25-28-68(41-49)59(74)75)36-44-19-16-22-47(33-44)39-67(40-48-23-17-20-45(34-48)37-54(57(72)80-63(4,5)6)50-26-29-69(42-50)60(76)82-65(10,11)12)31-32-78-52-24-18-21-46(35-52)38-55(58(73)81-64(7,8)9)51-27-30-70(43-51)61(77)83-66(13,14)15/h16-24,33-35,49-51,53-55H,25-32,36-43H2,1-15H3,(H,74,75)/t49-,50-,51-,53-,54-,55-/m0/s1. The van der Waals surface area contributed by atoms with Gasteiger partial charge in [0.15, 0.2) is 0 Å². The molecule has 17 heteroatoms. The number of carboxylic acid groups (broad SMARTS) is 1. The van der Waals surface area contributed by atoms with Gasteiger partial charge in [-0.05, 0) is 200 Å². The van der Waals surface area contributed by atoms with Gasteiger partial charge in [-0.1, -0.05) is 60.7 Å². The third-order valence-corrected chi connectivity index (χ3v) is 14.8. The maximum atomic E-state index is 14.1. The van der Waals surface area contributed by atoms with Gasteiger partial charge in [0.25, 0.3) is 0 Å². The second-order valence-electron chi connectivity index (χ2n) is 28.1. The molecule has 3 fully saturated rings. The molecule has 17 nitrogen and oxygen atoms in total. The van der Waals surface area contributed by atoms with Crippen LogP contribution in [0.15, 0.2) is 72.8 Å². The zero-order valence-electron chi connectivity index (χ0n) is 52.3. The molecular formula is C66H96N4O13. The maximum Gasteiger partial charge on any atom is 0.410 e. The van der Waals surface area contributed by atoms with E-state index >= 15 is 0 Å². The van der Waals surface area contributed by atoms with Crippen LogP contribution in [0.2, 0.25) is 0 Å². The van der Waals surface area contributed by atoms with Gasteiger partial charge >= 0.3 is 36.2 Å². The number of carbonyl (C=O) groups excluding carboxylic acids is 5. The highest BCUT2D eigenvalue weighted by Gasteiger charge is 2.42. The van der Waals surface area contributed by atoms with Crippen molar-refractivity contribution in [2.45, 2.75) is 183 Å². The van der Waals surface area contributed by atoms with E-state index in [2.05, 4.69) is 29.2 Å². The van der Waals surface area contributed by atoms with E-state index in [1.807, 2.05) is 152 Å². The topological polar surface area (TPSA) is 191 Å². The molecule has 0 bridgehead atoms. The highest BCUT2D eigenvalue weighted by molar-refractivity contribution is 5.76. The van der Waals surface area contributed by atoms with Gasteiger partial charge in [0, 0.05) is 58.9 Å². The van der Waals surface area contributed by atoms with Crippen LogP contribution in [0.1, 0.15) is 151 Å². The Morgan fingerprint density at radius 3 is 1.14 bits per heavy atom. The van der Waals surface area contributed by atoms with Gasteiger partial charge in [0.05, 0.1) is 17.8 Å². The van der Waals surface area contributed by atoms with Crippen LogP contribution in [-0.2, 0) is 70.4 Å². The lowest BCUT2D eigenvalue weighted by molar-refractivity contribution is -0.163. The van der Waals surface area contributed by atoms with Crippen LogP contribution in [-0.4, -0.2) is 141 Å². The summed E-state index contributed by atoms with van der Waals surface area (Å²) in [6.45, 7) is 31.9. The third-order valence-electron chi connectivity index (χ3n) is 14.8. The molecule has 3 aromatic carbocycles. The average molecular weight is 1150 g/mol. The molecule has 3 saturated heterocycles. The molecule has 3 heterocycles. The fourth-order valence-electron chi connectivity index (χ4n) is 11.2. The minimum Gasteiger partial charge on any atom is -0.492 e. The molecule has 3 aromatic rings. The highest BCUT2D eigenvalue weighted by atomic mass is 16.6. The lowest BCUT2D eigenvalue weighted by atomic mass is 9.85. The summed E-state index contributed by atoms with van der Waals surface area (Å²) in [6, 6.07) is 24.2. The molecule has 83 heavy (non-hydrogen) atoms. The Balaban J connectivity index is 1.24. The Kier molecular flexibility index (Phi) is 21.8. The Morgan fingerprint density at radius 1 is 0.470 bits per heavy atom. The molecule has 0 aliphatic carbocycles. The summed E-state index contributed by atoms with van der Waals surface area (Å²) in [5.74, 6) is -2.35. The number of rotatable bonds is 20. The minimum absolute atomic E-state index is 0.138. The third kappa shape index (κ3) is 21.7. The second kappa shape index (κ2) is 27.6. The average Bonchev–Trinajstić information content (AvgIpc) is 4.29. The van der Waals surface area contributed by atoms with Crippen molar-refractivity contribution in [2.75, 3.05) is 52.4 Å². The number of hydrogen-bond donors (Lipinski definition) is 1. The minimum atomic E-state index is -0.997. The first-order valence-corrected chi connectivity index (χ1v) is 29.8. The van der Waals surface area contributed by atoms with Crippen LogP contribution in [0, 0.1) is 35.5 Å². The Hall–Kier alpha value is -6.36. The number of amides is 3. The molecule has 6 rings (SSSR count). The number of ether oxygens (including phenoxy) is 6. The van der Waals surface area contributed by atoms with Gasteiger partial charge in [-0.15, -0.1) is 0 Å². The fourth-order valence-corrected chi connectivity index (χ4v) is 11.2. The fraction of sp³-hybridized carbons (Fsp3) is 0.636. The largest absolute Gasteiger partial charge is 0.492 e. The van der Waals surface area contributed by atoms with Crippen molar-refractivity contribution < 1.29 is 62.3 Å². The molecule has 0 saturated carbocycles. The van der Waals surface area contributed by atoms with Crippen molar-refractivity contribution in [3.05, 3.63) is 101 Å².